The Bertz CT molecular complexity index is 829. The minimum absolute atomic E-state index is 0.0352. The summed E-state index contributed by atoms with van der Waals surface area (Å²) in [4.78, 5) is 35.9. The van der Waals surface area contributed by atoms with Crippen LogP contribution in [0, 0.1) is 0 Å². The number of Topliss-reactive ketones (excluding diaryl/α,β-unsaturated/α-hetero) is 1. The van der Waals surface area contributed by atoms with Gasteiger partial charge >= 0.3 is 5.97 Å². The van der Waals surface area contributed by atoms with E-state index in [9.17, 15) is 19.5 Å². The van der Waals surface area contributed by atoms with Crippen molar-refractivity contribution in [3.05, 3.63) is 70.8 Å². The molecule has 0 radical (unpaired) electrons. The minimum atomic E-state index is -1.13. The van der Waals surface area contributed by atoms with Crippen molar-refractivity contribution in [3.63, 3.8) is 0 Å². The lowest BCUT2D eigenvalue weighted by atomic mass is 10.0. The van der Waals surface area contributed by atoms with Crippen molar-refractivity contribution in [3.8, 4) is 0 Å². The van der Waals surface area contributed by atoms with Gasteiger partial charge in [0, 0.05) is 18.4 Å². The van der Waals surface area contributed by atoms with E-state index in [0.717, 1.165) is 19.3 Å². The smallest absolute Gasteiger partial charge is 0.330 e. The third kappa shape index (κ3) is 4.17. The van der Waals surface area contributed by atoms with E-state index < -0.39 is 17.9 Å². The summed E-state index contributed by atoms with van der Waals surface area (Å²) in [6.07, 6.45) is 3.19. The molecule has 1 atom stereocenters. The van der Waals surface area contributed by atoms with E-state index in [1.807, 2.05) is 18.2 Å². The van der Waals surface area contributed by atoms with Crippen LogP contribution in [0.25, 0.3) is 0 Å². The highest BCUT2D eigenvalue weighted by Crippen LogP contribution is 2.23. The zero-order valence-electron chi connectivity index (χ0n) is 14.4. The van der Waals surface area contributed by atoms with Crippen LogP contribution in [-0.4, -0.2) is 22.8 Å². The molecule has 0 saturated carbocycles. The summed E-state index contributed by atoms with van der Waals surface area (Å²) >= 11 is 0. The standard InChI is InChI=1S/C21H21NO4/c23-18(17-10-9-14-7-4-8-16(14)13-17)11-12-19(24)22-20(21(25)26)15-5-2-1-3-6-15/h1-3,5-6,9-10,13,20H,4,7-8,11-12H2,(H,22,24)(H,25,26)/t20-/m1/s1. The number of aliphatic carboxylic acids is 1. The van der Waals surface area contributed by atoms with Crippen molar-refractivity contribution in [1.82, 2.24) is 5.32 Å². The fourth-order valence-electron chi connectivity index (χ4n) is 3.28. The Morgan fingerprint density at radius 2 is 1.69 bits per heavy atom. The van der Waals surface area contributed by atoms with Gasteiger partial charge in [-0.25, -0.2) is 4.79 Å². The third-order valence-electron chi connectivity index (χ3n) is 4.68. The SMILES string of the molecule is O=C(CCC(=O)c1ccc2c(c1)CCC2)N[C@@H](C(=O)O)c1ccccc1. The Balaban J connectivity index is 1.58. The second kappa shape index (κ2) is 7.95. The van der Waals surface area contributed by atoms with Crippen molar-refractivity contribution < 1.29 is 19.5 Å². The molecule has 26 heavy (non-hydrogen) atoms. The molecule has 5 nitrogen and oxygen atoms in total. The quantitative estimate of drug-likeness (QED) is 0.751. The molecule has 0 heterocycles. The summed E-state index contributed by atoms with van der Waals surface area (Å²) in [5.74, 6) is -1.67. The first-order valence-corrected chi connectivity index (χ1v) is 8.76. The van der Waals surface area contributed by atoms with Crippen LogP contribution in [-0.2, 0) is 22.4 Å². The van der Waals surface area contributed by atoms with E-state index in [2.05, 4.69) is 5.32 Å². The molecule has 0 aliphatic heterocycles. The number of hydrogen-bond acceptors (Lipinski definition) is 3. The fourth-order valence-corrected chi connectivity index (χ4v) is 3.28. The van der Waals surface area contributed by atoms with Crippen molar-refractivity contribution in [2.75, 3.05) is 0 Å². The Morgan fingerprint density at radius 1 is 0.962 bits per heavy atom. The first kappa shape index (κ1) is 17.9. The number of nitrogens with one attached hydrogen (secondary N) is 1. The van der Waals surface area contributed by atoms with Gasteiger partial charge < -0.3 is 10.4 Å². The summed E-state index contributed by atoms with van der Waals surface area (Å²) in [6, 6.07) is 13.1. The summed E-state index contributed by atoms with van der Waals surface area (Å²) in [5, 5.41) is 11.8. The van der Waals surface area contributed by atoms with Gasteiger partial charge in [-0.3, -0.25) is 9.59 Å². The van der Waals surface area contributed by atoms with Crippen LogP contribution >= 0.6 is 0 Å². The van der Waals surface area contributed by atoms with Crippen LogP contribution in [0.5, 0.6) is 0 Å². The molecule has 0 saturated heterocycles. The lowest BCUT2D eigenvalue weighted by Gasteiger charge is -2.14. The number of rotatable bonds is 7. The predicted octanol–water partition coefficient (Wildman–Crippen LogP) is 3.08. The van der Waals surface area contributed by atoms with Crippen LogP contribution in [0.2, 0.25) is 0 Å². The first-order valence-electron chi connectivity index (χ1n) is 8.76. The molecule has 0 fully saturated rings. The van der Waals surface area contributed by atoms with E-state index >= 15 is 0 Å². The number of aryl methyl sites for hydroxylation is 2. The van der Waals surface area contributed by atoms with Crippen LogP contribution in [0.4, 0.5) is 0 Å². The summed E-state index contributed by atoms with van der Waals surface area (Å²) in [7, 11) is 0. The number of hydrogen-bond donors (Lipinski definition) is 2. The van der Waals surface area contributed by atoms with E-state index in [1.54, 1.807) is 30.3 Å². The molecule has 0 unspecified atom stereocenters. The maximum atomic E-state index is 12.3. The molecule has 2 N–H and O–H groups in total. The Labute approximate surface area is 152 Å². The molecule has 0 bridgehead atoms. The number of carboxylic acids is 1. The van der Waals surface area contributed by atoms with Gasteiger partial charge in [0.2, 0.25) is 5.91 Å². The molecule has 134 valence electrons. The van der Waals surface area contributed by atoms with Crippen molar-refractivity contribution >= 4 is 17.7 Å². The van der Waals surface area contributed by atoms with Gasteiger partial charge in [-0.1, -0.05) is 42.5 Å². The number of carbonyl (C=O) groups excluding carboxylic acids is 2. The van der Waals surface area contributed by atoms with Gasteiger partial charge in [0.15, 0.2) is 11.8 Å². The zero-order valence-corrected chi connectivity index (χ0v) is 14.4. The van der Waals surface area contributed by atoms with Crippen molar-refractivity contribution in [2.24, 2.45) is 0 Å². The molecule has 5 heteroatoms. The van der Waals surface area contributed by atoms with Crippen LogP contribution in [0.1, 0.15) is 52.4 Å². The number of carboxylic acid groups (broad SMARTS) is 1. The molecule has 0 spiro atoms. The number of amides is 1. The summed E-state index contributed by atoms with van der Waals surface area (Å²) in [6.45, 7) is 0. The second-order valence-electron chi connectivity index (χ2n) is 6.51. The topological polar surface area (TPSA) is 83.5 Å². The number of fused-ring (bicyclic) bond motifs is 1. The van der Waals surface area contributed by atoms with Crippen LogP contribution in [0.15, 0.2) is 48.5 Å². The highest BCUT2D eigenvalue weighted by atomic mass is 16.4. The highest BCUT2D eigenvalue weighted by Gasteiger charge is 2.22. The molecule has 2 aromatic rings. The Morgan fingerprint density at radius 3 is 2.42 bits per heavy atom. The summed E-state index contributed by atoms with van der Waals surface area (Å²) < 4.78 is 0. The number of ketones is 1. The fraction of sp³-hybridized carbons (Fsp3) is 0.286. The largest absolute Gasteiger partial charge is 0.479 e. The van der Waals surface area contributed by atoms with E-state index in [1.165, 1.54) is 11.1 Å². The highest BCUT2D eigenvalue weighted by molar-refractivity contribution is 5.98. The number of benzene rings is 2. The van der Waals surface area contributed by atoms with Crippen LogP contribution < -0.4 is 5.32 Å². The summed E-state index contributed by atoms with van der Waals surface area (Å²) in [5.41, 5.74) is 3.64. The monoisotopic (exact) mass is 351 g/mol. The van der Waals surface area contributed by atoms with Crippen molar-refractivity contribution in [1.29, 1.82) is 0 Å². The number of carbonyl (C=O) groups is 3. The molecule has 1 amide bonds. The maximum absolute atomic E-state index is 12.3. The lowest BCUT2D eigenvalue weighted by molar-refractivity contribution is -0.142. The van der Waals surface area contributed by atoms with Gasteiger partial charge in [0.1, 0.15) is 0 Å². The van der Waals surface area contributed by atoms with E-state index in [-0.39, 0.29) is 18.6 Å². The zero-order chi connectivity index (χ0) is 18.5. The van der Waals surface area contributed by atoms with Gasteiger partial charge in [0.05, 0.1) is 0 Å². The molecular weight excluding hydrogens is 330 g/mol. The van der Waals surface area contributed by atoms with Crippen LogP contribution in [0.3, 0.4) is 0 Å². The molecule has 2 aromatic carbocycles. The van der Waals surface area contributed by atoms with E-state index in [0.29, 0.717) is 11.1 Å². The van der Waals surface area contributed by atoms with E-state index in [4.69, 9.17) is 0 Å². The first-order chi connectivity index (χ1) is 12.5. The molecule has 1 aliphatic carbocycles. The maximum Gasteiger partial charge on any atom is 0.330 e. The minimum Gasteiger partial charge on any atom is -0.479 e. The third-order valence-corrected chi connectivity index (χ3v) is 4.68. The van der Waals surface area contributed by atoms with Gasteiger partial charge in [-0.2, -0.15) is 0 Å². The predicted molar refractivity (Wildman–Crippen MR) is 97.0 cm³/mol. The normalized spacial score (nSPS) is 13.7. The Hall–Kier alpha value is -2.95. The van der Waals surface area contributed by atoms with Crippen molar-refractivity contribution in [2.45, 2.75) is 38.1 Å². The lowest BCUT2D eigenvalue weighted by Crippen LogP contribution is -2.33. The molecule has 3 rings (SSSR count). The van der Waals surface area contributed by atoms with Gasteiger partial charge in [-0.05, 0) is 42.0 Å². The second-order valence-corrected chi connectivity index (χ2v) is 6.51. The molecule has 1 aliphatic rings. The molecular formula is C21H21NO4. The average molecular weight is 351 g/mol. The van der Waals surface area contributed by atoms with Gasteiger partial charge in [-0.15, -0.1) is 0 Å². The van der Waals surface area contributed by atoms with Gasteiger partial charge in [0.25, 0.3) is 0 Å². The Kier molecular flexibility index (Phi) is 5.46. The molecule has 0 aromatic heterocycles. The average Bonchev–Trinajstić information content (AvgIpc) is 3.12.